The maximum Gasteiger partial charge on any atom is 0.246 e. The molecule has 0 bridgehead atoms. The van der Waals surface area contributed by atoms with Gasteiger partial charge in [-0.15, -0.1) is 12.4 Å². The van der Waals surface area contributed by atoms with Gasteiger partial charge < -0.3 is 15.4 Å². The molecule has 1 aliphatic heterocycles. The molecule has 0 aliphatic carbocycles. The van der Waals surface area contributed by atoms with Crippen LogP contribution in [0.5, 0.6) is 0 Å². The number of carbonyl (C=O) groups is 1. The first-order valence-corrected chi connectivity index (χ1v) is 5.34. The Kier molecular flexibility index (Phi) is 7.74. The zero-order valence-electron chi connectivity index (χ0n) is 9.41. The molecule has 90 valence electrons. The van der Waals surface area contributed by atoms with Crippen molar-refractivity contribution in [2.45, 2.75) is 38.8 Å². The van der Waals surface area contributed by atoms with Crippen LogP contribution in [0.15, 0.2) is 0 Å². The number of piperidine rings is 1. The highest BCUT2D eigenvalue weighted by atomic mass is 35.5. The van der Waals surface area contributed by atoms with Gasteiger partial charge in [-0.2, -0.15) is 0 Å². The molecule has 2 unspecified atom stereocenters. The summed E-state index contributed by atoms with van der Waals surface area (Å²) >= 11 is 0. The van der Waals surface area contributed by atoms with E-state index in [1.165, 1.54) is 0 Å². The van der Waals surface area contributed by atoms with Gasteiger partial charge in [-0.3, -0.25) is 4.79 Å². The Hall–Kier alpha value is -0.320. The van der Waals surface area contributed by atoms with E-state index in [1.807, 2.05) is 6.92 Å². The van der Waals surface area contributed by atoms with E-state index in [0.717, 1.165) is 19.4 Å². The summed E-state index contributed by atoms with van der Waals surface area (Å²) in [7, 11) is 0. The molecule has 1 aliphatic rings. The van der Waals surface area contributed by atoms with Crippen LogP contribution in [0, 0.1) is 0 Å². The molecule has 2 atom stereocenters. The van der Waals surface area contributed by atoms with E-state index in [1.54, 1.807) is 0 Å². The maximum atomic E-state index is 11.4. The van der Waals surface area contributed by atoms with Gasteiger partial charge >= 0.3 is 0 Å². The number of hydrogen-bond donors (Lipinski definition) is 2. The zero-order valence-corrected chi connectivity index (χ0v) is 10.2. The minimum Gasteiger partial charge on any atom is -0.372 e. The summed E-state index contributed by atoms with van der Waals surface area (Å²) in [5.74, 6) is -0.00704. The van der Waals surface area contributed by atoms with Crippen LogP contribution in [-0.2, 0) is 9.53 Å². The number of carbonyl (C=O) groups excluding carboxylic acids is 1. The van der Waals surface area contributed by atoms with Crippen LogP contribution in [0.1, 0.15) is 26.7 Å². The molecule has 0 aromatic heterocycles. The molecule has 1 fully saturated rings. The monoisotopic (exact) mass is 236 g/mol. The second kappa shape index (κ2) is 7.91. The molecule has 1 heterocycles. The summed E-state index contributed by atoms with van der Waals surface area (Å²) in [5, 5.41) is 6.31. The Bertz CT molecular complexity index is 190. The second-order valence-electron chi connectivity index (χ2n) is 3.70. The molecule has 0 spiro atoms. The van der Waals surface area contributed by atoms with Crippen LogP contribution in [0.25, 0.3) is 0 Å². The number of nitrogens with one attached hydrogen (secondary N) is 2. The van der Waals surface area contributed by atoms with Crippen LogP contribution in [-0.4, -0.2) is 37.7 Å². The van der Waals surface area contributed by atoms with Crippen LogP contribution in [0.2, 0.25) is 0 Å². The van der Waals surface area contributed by atoms with Crippen molar-refractivity contribution in [3.63, 3.8) is 0 Å². The minimum absolute atomic E-state index is 0. The lowest BCUT2D eigenvalue weighted by molar-refractivity contribution is -0.126. The highest BCUT2D eigenvalue weighted by Crippen LogP contribution is 2.07. The lowest BCUT2D eigenvalue weighted by Gasteiger charge is -2.30. The predicted molar refractivity (Wildman–Crippen MR) is 62.4 cm³/mol. The van der Waals surface area contributed by atoms with Crippen molar-refractivity contribution in [3.05, 3.63) is 0 Å². The Labute approximate surface area is 97.5 Å². The van der Waals surface area contributed by atoms with Gasteiger partial charge in [0.25, 0.3) is 0 Å². The number of ether oxygens (including phenoxy) is 1. The molecule has 5 heteroatoms. The van der Waals surface area contributed by atoms with E-state index in [0.29, 0.717) is 12.6 Å². The SMILES string of the molecule is CCOCC(=O)NC1CCCNC1C.Cl. The van der Waals surface area contributed by atoms with Crippen molar-refractivity contribution in [3.8, 4) is 0 Å². The van der Waals surface area contributed by atoms with Gasteiger partial charge in [-0.1, -0.05) is 0 Å². The molecule has 0 aromatic carbocycles. The van der Waals surface area contributed by atoms with Crippen molar-refractivity contribution in [1.82, 2.24) is 10.6 Å². The van der Waals surface area contributed by atoms with Gasteiger partial charge in [0.2, 0.25) is 5.91 Å². The number of hydrogen-bond acceptors (Lipinski definition) is 3. The highest BCUT2D eigenvalue weighted by molar-refractivity contribution is 5.85. The Morgan fingerprint density at radius 1 is 1.60 bits per heavy atom. The fraction of sp³-hybridized carbons (Fsp3) is 0.900. The van der Waals surface area contributed by atoms with E-state index >= 15 is 0 Å². The second-order valence-corrected chi connectivity index (χ2v) is 3.70. The molecule has 4 nitrogen and oxygen atoms in total. The summed E-state index contributed by atoms with van der Waals surface area (Å²) in [6.07, 6.45) is 2.19. The van der Waals surface area contributed by atoms with E-state index in [-0.39, 0.29) is 31.0 Å². The molecule has 1 saturated heterocycles. The van der Waals surface area contributed by atoms with Crippen LogP contribution >= 0.6 is 12.4 Å². The third-order valence-corrected chi connectivity index (χ3v) is 2.55. The van der Waals surface area contributed by atoms with Crippen molar-refractivity contribution < 1.29 is 9.53 Å². The highest BCUT2D eigenvalue weighted by Gasteiger charge is 2.21. The van der Waals surface area contributed by atoms with E-state index in [2.05, 4.69) is 17.6 Å². The van der Waals surface area contributed by atoms with Crippen molar-refractivity contribution in [2.24, 2.45) is 0 Å². The minimum atomic E-state index is -0.00704. The predicted octanol–water partition coefficient (Wildman–Crippen LogP) is 0.701. The Morgan fingerprint density at radius 3 is 2.93 bits per heavy atom. The van der Waals surface area contributed by atoms with E-state index in [4.69, 9.17) is 4.74 Å². The van der Waals surface area contributed by atoms with Gasteiger partial charge in [0.1, 0.15) is 6.61 Å². The zero-order chi connectivity index (χ0) is 10.4. The normalized spacial score (nSPS) is 25.5. The fourth-order valence-electron chi connectivity index (χ4n) is 1.68. The lowest BCUT2D eigenvalue weighted by atomic mass is 10.00. The average molecular weight is 237 g/mol. The van der Waals surface area contributed by atoms with Crippen molar-refractivity contribution in [1.29, 1.82) is 0 Å². The third-order valence-electron chi connectivity index (χ3n) is 2.55. The Morgan fingerprint density at radius 2 is 2.33 bits per heavy atom. The first kappa shape index (κ1) is 14.7. The van der Waals surface area contributed by atoms with Crippen LogP contribution < -0.4 is 10.6 Å². The molecule has 1 amide bonds. The first-order chi connectivity index (χ1) is 6.74. The van der Waals surface area contributed by atoms with Crippen molar-refractivity contribution in [2.75, 3.05) is 19.8 Å². The van der Waals surface area contributed by atoms with Gasteiger partial charge in [0.05, 0.1) is 0 Å². The largest absolute Gasteiger partial charge is 0.372 e. The summed E-state index contributed by atoms with van der Waals surface area (Å²) in [6.45, 7) is 5.81. The fourth-order valence-corrected chi connectivity index (χ4v) is 1.68. The molecule has 0 aromatic rings. The molecule has 15 heavy (non-hydrogen) atoms. The Balaban J connectivity index is 0.00000196. The first-order valence-electron chi connectivity index (χ1n) is 5.34. The number of halogens is 1. The summed E-state index contributed by atoms with van der Waals surface area (Å²) in [5.41, 5.74) is 0. The van der Waals surface area contributed by atoms with E-state index in [9.17, 15) is 4.79 Å². The summed E-state index contributed by atoms with van der Waals surface area (Å²) in [6, 6.07) is 0.631. The molecule has 1 rings (SSSR count). The van der Waals surface area contributed by atoms with Gasteiger partial charge in [0, 0.05) is 18.7 Å². The van der Waals surface area contributed by atoms with Gasteiger partial charge in [-0.05, 0) is 33.2 Å². The summed E-state index contributed by atoms with van der Waals surface area (Å²) < 4.78 is 5.04. The summed E-state index contributed by atoms with van der Waals surface area (Å²) in [4.78, 5) is 11.4. The molecule has 0 saturated carbocycles. The number of amides is 1. The lowest BCUT2D eigenvalue weighted by Crippen LogP contribution is -2.52. The average Bonchev–Trinajstić information content (AvgIpc) is 2.18. The smallest absolute Gasteiger partial charge is 0.246 e. The maximum absolute atomic E-state index is 11.4. The topological polar surface area (TPSA) is 50.4 Å². The third kappa shape index (κ3) is 5.35. The quantitative estimate of drug-likeness (QED) is 0.756. The molecular weight excluding hydrogens is 216 g/mol. The number of rotatable bonds is 4. The van der Waals surface area contributed by atoms with Crippen LogP contribution in [0.4, 0.5) is 0 Å². The van der Waals surface area contributed by atoms with Crippen molar-refractivity contribution >= 4 is 18.3 Å². The molecule has 0 radical (unpaired) electrons. The van der Waals surface area contributed by atoms with Gasteiger partial charge in [-0.25, -0.2) is 0 Å². The standard InChI is InChI=1S/C10H20N2O2.ClH/c1-3-14-7-10(13)12-9-5-4-6-11-8(9)2;/h8-9,11H,3-7H2,1-2H3,(H,12,13);1H. The molecular formula is C10H21ClN2O2. The molecule has 2 N–H and O–H groups in total. The van der Waals surface area contributed by atoms with Gasteiger partial charge in [0.15, 0.2) is 0 Å². The van der Waals surface area contributed by atoms with Crippen LogP contribution in [0.3, 0.4) is 0 Å². The van der Waals surface area contributed by atoms with E-state index < -0.39 is 0 Å².